The Bertz CT molecular complexity index is 591. The van der Waals surface area contributed by atoms with Crippen molar-refractivity contribution in [1.82, 2.24) is 4.57 Å². The number of rotatable bonds is 2. The Morgan fingerprint density at radius 3 is 3.00 bits per heavy atom. The molecule has 2 N–H and O–H groups in total. The van der Waals surface area contributed by atoms with Crippen LogP contribution in [0.5, 0.6) is 0 Å². The molecule has 80 valence electrons. The van der Waals surface area contributed by atoms with Crippen molar-refractivity contribution in [3.05, 3.63) is 52.3 Å². The second-order valence-corrected chi connectivity index (χ2v) is 3.31. The summed E-state index contributed by atoms with van der Waals surface area (Å²) in [5.41, 5.74) is 5.64. The molecule has 0 fully saturated rings. The molecule has 0 aliphatic carbocycles. The molecule has 0 atom stereocenters. The molecule has 0 radical (unpaired) electrons. The SMILES string of the molecule is N#Cc1cc(N)cn(Cc2ccco2)c1=O. The molecule has 0 aliphatic rings. The fourth-order valence-electron chi connectivity index (χ4n) is 1.43. The van der Waals surface area contributed by atoms with Crippen molar-refractivity contribution in [3.63, 3.8) is 0 Å². The zero-order valence-corrected chi connectivity index (χ0v) is 8.38. The Hall–Kier alpha value is -2.48. The van der Waals surface area contributed by atoms with E-state index < -0.39 is 0 Å². The summed E-state index contributed by atoms with van der Waals surface area (Å²) in [7, 11) is 0. The van der Waals surface area contributed by atoms with Crippen LogP contribution in [0.1, 0.15) is 11.3 Å². The second-order valence-electron chi connectivity index (χ2n) is 3.31. The van der Waals surface area contributed by atoms with Gasteiger partial charge in [-0.2, -0.15) is 5.26 Å². The van der Waals surface area contributed by atoms with Gasteiger partial charge in [-0.05, 0) is 18.2 Å². The first kappa shape index (κ1) is 10.1. The largest absolute Gasteiger partial charge is 0.467 e. The molecular formula is C11H9N3O2. The number of hydrogen-bond donors (Lipinski definition) is 1. The Morgan fingerprint density at radius 1 is 1.56 bits per heavy atom. The van der Waals surface area contributed by atoms with Gasteiger partial charge in [-0.1, -0.05) is 0 Å². The molecule has 5 nitrogen and oxygen atoms in total. The number of pyridine rings is 1. The molecule has 0 amide bonds. The first-order valence-electron chi connectivity index (χ1n) is 4.63. The zero-order valence-electron chi connectivity index (χ0n) is 8.38. The van der Waals surface area contributed by atoms with Crippen LogP contribution >= 0.6 is 0 Å². The van der Waals surface area contributed by atoms with Gasteiger partial charge < -0.3 is 14.7 Å². The number of nitrogen functional groups attached to an aromatic ring is 1. The lowest BCUT2D eigenvalue weighted by molar-refractivity contribution is 0.490. The van der Waals surface area contributed by atoms with E-state index in [2.05, 4.69) is 0 Å². The van der Waals surface area contributed by atoms with E-state index in [-0.39, 0.29) is 17.7 Å². The summed E-state index contributed by atoms with van der Waals surface area (Å²) in [6.07, 6.45) is 3.02. The zero-order chi connectivity index (χ0) is 11.5. The van der Waals surface area contributed by atoms with Gasteiger partial charge in [-0.3, -0.25) is 4.79 Å². The third-order valence-corrected chi connectivity index (χ3v) is 2.13. The van der Waals surface area contributed by atoms with E-state index in [1.165, 1.54) is 23.1 Å². The smallest absolute Gasteiger partial charge is 0.269 e. The Kier molecular flexibility index (Phi) is 2.48. The predicted octanol–water partition coefficient (Wildman–Crippen LogP) is 0.943. The van der Waals surface area contributed by atoms with Crippen molar-refractivity contribution in [2.45, 2.75) is 6.54 Å². The lowest BCUT2D eigenvalue weighted by atomic mass is 10.2. The molecule has 0 aliphatic heterocycles. The van der Waals surface area contributed by atoms with Crippen molar-refractivity contribution in [2.75, 3.05) is 5.73 Å². The molecule has 5 heteroatoms. The van der Waals surface area contributed by atoms with Gasteiger partial charge in [0.15, 0.2) is 0 Å². The number of nitriles is 1. The molecule has 2 heterocycles. The highest BCUT2D eigenvalue weighted by atomic mass is 16.3. The third kappa shape index (κ3) is 1.81. The van der Waals surface area contributed by atoms with Crippen LogP contribution in [0.15, 0.2) is 39.9 Å². The topological polar surface area (TPSA) is 84.9 Å². The molecule has 2 rings (SSSR count). The number of aromatic nitrogens is 1. The molecule has 0 saturated carbocycles. The number of furan rings is 1. The summed E-state index contributed by atoms with van der Waals surface area (Å²) >= 11 is 0. The van der Waals surface area contributed by atoms with Crippen LogP contribution in [0.3, 0.4) is 0 Å². The van der Waals surface area contributed by atoms with Crippen molar-refractivity contribution >= 4 is 5.69 Å². The van der Waals surface area contributed by atoms with Crippen LogP contribution in [0, 0.1) is 11.3 Å². The minimum absolute atomic E-state index is 0.0338. The fraction of sp³-hybridized carbons (Fsp3) is 0.0909. The normalized spacial score (nSPS) is 9.94. The van der Waals surface area contributed by atoms with Crippen LogP contribution in [0.4, 0.5) is 5.69 Å². The van der Waals surface area contributed by atoms with Gasteiger partial charge >= 0.3 is 0 Å². The van der Waals surface area contributed by atoms with E-state index in [1.807, 2.05) is 6.07 Å². The summed E-state index contributed by atoms with van der Waals surface area (Å²) in [4.78, 5) is 11.7. The van der Waals surface area contributed by atoms with E-state index >= 15 is 0 Å². The van der Waals surface area contributed by atoms with Gasteiger partial charge in [-0.15, -0.1) is 0 Å². The average molecular weight is 215 g/mol. The molecule has 0 unspecified atom stereocenters. The van der Waals surface area contributed by atoms with Crippen molar-refractivity contribution in [1.29, 1.82) is 5.26 Å². The van der Waals surface area contributed by atoms with Gasteiger partial charge in [0, 0.05) is 11.9 Å². The number of nitrogens with zero attached hydrogens (tertiary/aromatic N) is 2. The van der Waals surface area contributed by atoms with Gasteiger partial charge in [-0.25, -0.2) is 0 Å². The van der Waals surface area contributed by atoms with Crippen LogP contribution in [-0.4, -0.2) is 4.57 Å². The summed E-state index contributed by atoms with van der Waals surface area (Å²) in [6.45, 7) is 0.269. The fourth-order valence-corrected chi connectivity index (χ4v) is 1.43. The third-order valence-electron chi connectivity index (χ3n) is 2.13. The standard InChI is InChI=1S/C11H9N3O2/c12-5-8-4-9(13)6-14(11(8)15)7-10-2-1-3-16-10/h1-4,6H,7,13H2. The van der Waals surface area contributed by atoms with Crippen LogP contribution < -0.4 is 11.3 Å². The number of nitrogens with two attached hydrogens (primary N) is 1. The van der Waals surface area contributed by atoms with E-state index in [9.17, 15) is 4.79 Å². The minimum atomic E-state index is -0.367. The number of hydrogen-bond acceptors (Lipinski definition) is 4. The summed E-state index contributed by atoms with van der Waals surface area (Å²) < 4.78 is 6.48. The van der Waals surface area contributed by atoms with E-state index in [0.717, 1.165) is 0 Å². The summed E-state index contributed by atoms with van der Waals surface area (Å²) in [5.74, 6) is 0.636. The van der Waals surface area contributed by atoms with Crippen molar-refractivity contribution < 1.29 is 4.42 Å². The van der Waals surface area contributed by atoms with Gasteiger partial charge in [0.1, 0.15) is 17.4 Å². The lowest BCUT2D eigenvalue weighted by Gasteiger charge is -2.04. The molecule has 16 heavy (non-hydrogen) atoms. The summed E-state index contributed by atoms with van der Waals surface area (Å²) in [6, 6.07) is 6.66. The van der Waals surface area contributed by atoms with Gasteiger partial charge in [0.05, 0.1) is 12.8 Å². The molecule has 2 aromatic heterocycles. The molecular weight excluding hydrogens is 206 g/mol. The monoisotopic (exact) mass is 215 g/mol. The first-order valence-corrected chi connectivity index (χ1v) is 4.63. The van der Waals surface area contributed by atoms with Crippen molar-refractivity contribution in [2.24, 2.45) is 0 Å². The Labute approximate surface area is 91.3 Å². The van der Waals surface area contributed by atoms with E-state index in [0.29, 0.717) is 11.4 Å². The first-order chi connectivity index (χ1) is 7.70. The highest BCUT2D eigenvalue weighted by Crippen LogP contribution is 2.05. The maximum absolute atomic E-state index is 11.7. The Morgan fingerprint density at radius 2 is 2.38 bits per heavy atom. The van der Waals surface area contributed by atoms with Crippen LogP contribution in [0.25, 0.3) is 0 Å². The number of anilines is 1. The van der Waals surface area contributed by atoms with E-state index in [1.54, 1.807) is 12.1 Å². The van der Waals surface area contributed by atoms with Gasteiger partial charge in [0.2, 0.25) is 0 Å². The quantitative estimate of drug-likeness (QED) is 0.807. The molecule has 0 saturated heterocycles. The average Bonchev–Trinajstić information content (AvgIpc) is 2.75. The highest BCUT2D eigenvalue weighted by molar-refractivity contribution is 5.42. The highest BCUT2D eigenvalue weighted by Gasteiger charge is 2.06. The Balaban J connectivity index is 2.46. The van der Waals surface area contributed by atoms with Crippen molar-refractivity contribution in [3.8, 4) is 6.07 Å². The maximum atomic E-state index is 11.7. The minimum Gasteiger partial charge on any atom is -0.467 e. The molecule has 0 spiro atoms. The summed E-state index contributed by atoms with van der Waals surface area (Å²) in [5, 5.41) is 8.75. The van der Waals surface area contributed by atoms with Crippen LogP contribution in [0.2, 0.25) is 0 Å². The second kappa shape index (κ2) is 3.95. The lowest BCUT2D eigenvalue weighted by Crippen LogP contribution is -2.23. The van der Waals surface area contributed by atoms with Gasteiger partial charge in [0.25, 0.3) is 5.56 Å². The molecule has 2 aromatic rings. The molecule has 0 bridgehead atoms. The molecule has 0 aromatic carbocycles. The van der Waals surface area contributed by atoms with Crippen LogP contribution in [-0.2, 0) is 6.54 Å². The predicted molar refractivity (Wildman–Crippen MR) is 57.6 cm³/mol. The maximum Gasteiger partial charge on any atom is 0.269 e. The van der Waals surface area contributed by atoms with E-state index in [4.69, 9.17) is 15.4 Å².